The highest BCUT2D eigenvalue weighted by atomic mass is 32.1. The Morgan fingerprint density at radius 1 is 1.03 bits per heavy atom. The summed E-state index contributed by atoms with van der Waals surface area (Å²) in [5, 5.41) is 24.4. The number of amides is 1. The molecule has 1 amide bonds. The minimum absolute atomic E-state index is 0.420. The van der Waals surface area contributed by atoms with Crippen LogP contribution in [-0.4, -0.2) is 79.5 Å². The third-order valence-corrected chi connectivity index (χ3v) is 4.86. The number of nitrogens with zero attached hydrogens (tertiary/aromatic N) is 2. The van der Waals surface area contributed by atoms with Crippen LogP contribution in [0.25, 0.3) is 0 Å². The zero-order valence-electron chi connectivity index (χ0n) is 20.8. The summed E-state index contributed by atoms with van der Waals surface area (Å²) in [6, 6.07) is 9.13. The zero-order valence-corrected chi connectivity index (χ0v) is 21.6. The van der Waals surface area contributed by atoms with Crippen LogP contribution in [0.15, 0.2) is 24.3 Å². The van der Waals surface area contributed by atoms with Crippen molar-refractivity contribution in [3.05, 3.63) is 29.8 Å². The number of nitrogens with one attached hydrogen (secondary N) is 2. The number of thiocarbonyl (C=S) groups is 1. The molecule has 10 heteroatoms. The molecule has 0 radical (unpaired) electrons. The molecule has 192 valence electrons. The number of carboxylic acid groups (broad SMARTS) is 1. The molecule has 0 bridgehead atoms. The Morgan fingerprint density at radius 2 is 1.60 bits per heavy atom. The molecule has 3 N–H and O–H groups in total. The lowest BCUT2D eigenvalue weighted by Crippen LogP contribution is -2.45. The molecule has 1 aromatic rings. The summed E-state index contributed by atoms with van der Waals surface area (Å²) in [6.45, 7) is 9.76. The second kappa shape index (κ2) is 17.5. The maximum absolute atomic E-state index is 11.3. The van der Waals surface area contributed by atoms with Gasteiger partial charge in [-0.2, -0.15) is 5.26 Å². The summed E-state index contributed by atoms with van der Waals surface area (Å²) in [7, 11) is 0. The number of rotatable bonds is 15. The van der Waals surface area contributed by atoms with E-state index in [2.05, 4.69) is 22.5 Å². The number of ether oxygens (including phenoxy) is 3. The van der Waals surface area contributed by atoms with Crippen molar-refractivity contribution < 1.29 is 24.1 Å². The van der Waals surface area contributed by atoms with Crippen LogP contribution < -0.4 is 10.6 Å². The third-order valence-electron chi connectivity index (χ3n) is 4.61. The predicted molar refractivity (Wildman–Crippen MR) is 139 cm³/mol. The summed E-state index contributed by atoms with van der Waals surface area (Å²) in [5.74, 6) is 5.09. The second-order valence-corrected chi connectivity index (χ2v) is 8.88. The average molecular weight is 505 g/mol. The van der Waals surface area contributed by atoms with Crippen LogP contribution in [0.3, 0.4) is 0 Å². The summed E-state index contributed by atoms with van der Waals surface area (Å²) >= 11 is 5.27. The summed E-state index contributed by atoms with van der Waals surface area (Å²) in [4.78, 5) is 12.7. The Bertz CT molecular complexity index is 869. The van der Waals surface area contributed by atoms with Crippen LogP contribution >= 0.6 is 12.2 Å². The van der Waals surface area contributed by atoms with Gasteiger partial charge in [0.15, 0.2) is 11.2 Å². The molecule has 0 heterocycles. The minimum Gasteiger partial charge on any atom is -0.465 e. The molecule has 35 heavy (non-hydrogen) atoms. The molecule has 1 rings (SSSR count). The molecule has 0 aromatic heterocycles. The van der Waals surface area contributed by atoms with Crippen LogP contribution in [0.1, 0.15) is 39.2 Å². The number of hydrogen-bond donors (Lipinski definition) is 3. The highest BCUT2D eigenvalue weighted by Crippen LogP contribution is 2.13. The topological polar surface area (TPSA) is 116 Å². The fourth-order valence-electron chi connectivity index (χ4n) is 2.87. The zero-order chi connectivity index (χ0) is 25.9. The van der Waals surface area contributed by atoms with E-state index in [1.807, 2.05) is 45.0 Å². The van der Waals surface area contributed by atoms with Crippen LogP contribution in [0, 0.1) is 23.2 Å². The lowest BCUT2D eigenvalue weighted by atomic mass is 10.1. The fourth-order valence-corrected chi connectivity index (χ4v) is 3.09. The molecule has 1 aromatic carbocycles. The van der Waals surface area contributed by atoms with Gasteiger partial charge in [-0.1, -0.05) is 5.92 Å². The molecule has 0 unspecified atom stereocenters. The molecule has 0 atom stereocenters. The van der Waals surface area contributed by atoms with Gasteiger partial charge < -0.3 is 34.9 Å². The number of anilines is 1. The quantitative estimate of drug-likeness (QED) is 0.188. The fraction of sp³-hybridized carbons (Fsp3) is 0.560. The van der Waals surface area contributed by atoms with E-state index in [-0.39, 0.29) is 0 Å². The van der Waals surface area contributed by atoms with E-state index < -0.39 is 11.6 Å². The lowest BCUT2D eigenvalue weighted by molar-refractivity contribution is 0.0117. The molecule has 0 aliphatic heterocycles. The van der Waals surface area contributed by atoms with E-state index in [9.17, 15) is 9.90 Å². The van der Waals surface area contributed by atoms with E-state index in [1.165, 1.54) is 4.90 Å². The van der Waals surface area contributed by atoms with Crippen molar-refractivity contribution >= 4 is 29.1 Å². The van der Waals surface area contributed by atoms with Gasteiger partial charge in [0.2, 0.25) is 0 Å². The van der Waals surface area contributed by atoms with Crippen LogP contribution in [-0.2, 0) is 14.2 Å². The Labute approximate surface area is 213 Å². The van der Waals surface area contributed by atoms with E-state index >= 15 is 0 Å². The van der Waals surface area contributed by atoms with Crippen molar-refractivity contribution in [2.24, 2.45) is 0 Å². The summed E-state index contributed by atoms with van der Waals surface area (Å²) in [5.41, 5.74) is 1.19. The molecule has 0 aliphatic carbocycles. The molecular weight excluding hydrogens is 468 g/mol. The first-order valence-electron chi connectivity index (χ1n) is 11.5. The highest BCUT2D eigenvalue weighted by Gasteiger charge is 2.25. The Balaban J connectivity index is 1.94. The van der Waals surface area contributed by atoms with Gasteiger partial charge in [0.25, 0.3) is 0 Å². The normalized spacial score (nSPS) is 10.6. The minimum atomic E-state index is -0.915. The Hall–Kier alpha value is -2.89. The van der Waals surface area contributed by atoms with Gasteiger partial charge >= 0.3 is 6.09 Å². The van der Waals surface area contributed by atoms with Crippen molar-refractivity contribution in [3.63, 3.8) is 0 Å². The third kappa shape index (κ3) is 14.9. The molecule has 0 saturated heterocycles. The Kier molecular flexibility index (Phi) is 15.1. The van der Waals surface area contributed by atoms with Gasteiger partial charge in [0, 0.05) is 49.0 Å². The maximum Gasteiger partial charge on any atom is 0.407 e. The van der Waals surface area contributed by atoms with Crippen LogP contribution in [0.2, 0.25) is 0 Å². The van der Waals surface area contributed by atoms with Crippen molar-refractivity contribution in [3.8, 4) is 17.9 Å². The molecule has 9 nitrogen and oxygen atoms in total. The molecule has 0 spiro atoms. The van der Waals surface area contributed by atoms with Crippen molar-refractivity contribution in [2.45, 2.75) is 39.2 Å². The average Bonchev–Trinajstić information content (AvgIpc) is 2.80. The monoisotopic (exact) mass is 504 g/mol. The Morgan fingerprint density at radius 3 is 2.14 bits per heavy atom. The number of carbonyl (C=O) groups is 1. The van der Waals surface area contributed by atoms with Gasteiger partial charge in [-0.05, 0) is 70.1 Å². The van der Waals surface area contributed by atoms with Gasteiger partial charge in [-0.15, -0.1) is 0 Å². The largest absolute Gasteiger partial charge is 0.465 e. The smallest absolute Gasteiger partial charge is 0.407 e. The number of nitriles is 1. The van der Waals surface area contributed by atoms with E-state index in [0.717, 1.165) is 17.7 Å². The highest BCUT2D eigenvalue weighted by molar-refractivity contribution is 7.80. The van der Waals surface area contributed by atoms with E-state index in [4.69, 9.17) is 31.7 Å². The number of benzene rings is 1. The first-order valence-corrected chi connectivity index (χ1v) is 11.9. The SMILES string of the molecule is CC(C)(C)N(CCCOCCOCCOCCCNC(=S)Nc1ccc(C#CC#N)cc1)C(=O)O. The lowest BCUT2D eigenvalue weighted by Gasteiger charge is -2.33. The van der Waals surface area contributed by atoms with Crippen molar-refractivity contribution in [1.82, 2.24) is 10.2 Å². The number of hydrogen-bond acceptors (Lipinski definition) is 6. The van der Waals surface area contributed by atoms with E-state index in [1.54, 1.807) is 6.07 Å². The van der Waals surface area contributed by atoms with Gasteiger partial charge in [-0.25, -0.2) is 4.79 Å². The summed E-state index contributed by atoms with van der Waals surface area (Å²) < 4.78 is 16.5. The predicted octanol–water partition coefficient (Wildman–Crippen LogP) is 3.46. The standard InChI is InChI=1S/C25H36N4O5S/c1-25(2,3)29(24(30)31)14-6-16-33-18-20-34-19-17-32-15-5-13-27-23(35)28-22-10-8-21(9-11-22)7-4-12-26/h8-11H,5-6,13-20H2,1-3H3,(H,30,31)(H2,27,28,35). The molecular formula is C25H36N4O5S. The van der Waals surface area contributed by atoms with Gasteiger partial charge in [-0.3, -0.25) is 0 Å². The van der Waals surface area contributed by atoms with E-state index in [0.29, 0.717) is 64.3 Å². The maximum atomic E-state index is 11.3. The second-order valence-electron chi connectivity index (χ2n) is 8.47. The molecule has 0 saturated carbocycles. The van der Waals surface area contributed by atoms with Crippen molar-refractivity contribution in [2.75, 3.05) is 58.0 Å². The summed E-state index contributed by atoms with van der Waals surface area (Å²) in [6.07, 6.45) is 0.530. The van der Waals surface area contributed by atoms with Crippen LogP contribution in [0.5, 0.6) is 0 Å². The van der Waals surface area contributed by atoms with Gasteiger partial charge in [0.05, 0.1) is 26.4 Å². The van der Waals surface area contributed by atoms with Gasteiger partial charge in [0.1, 0.15) is 0 Å². The molecule has 0 fully saturated rings. The first-order chi connectivity index (χ1) is 16.7. The first kappa shape index (κ1) is 30.1. The van der Waals surface area contributed by atoms with Crippen LogP contribution in [0.4, 0.5) is 10.5 Å². The molecule has 0 aliphatic rings. The van der Waals surface area contributed by atoms with Crippen molar-refractivity contribution in [1.29, 1.82) is 5.26 Å².